The number of rotatable bonds is 0. The summed E-state index contributed by atoms with van der Waals surface area (Å²) in [7, 11) is 2.90. The molecule has 0 aliphatic carbocycles. The Balaban J connectivity index is 2.16. The van der Waals surface area contributed by atoms with Gasteiger partial charge in [-0.05, 0) is 6.92 Å². The van der Waals surface area contributed by atoms with E-state index in [1.807, 2.05) is 0 Å². The van der Waals surface area contributed by atoms with Crippen molar-refractivity contribution < 1.29 is 28.5 Å². The molecular formula is C13H15N4O5+. The summed E-state index contributed by atoms with van der Waals surface area (Å²) in [6, 6.07) is -2.32. The van der Waals surface area contributed by atoms with Gasteiger partial charge in [-0.3, -0.25) is 19.3 Å². The minimum Gasteiger partial charge on any atom is -0.354 e. The number of aliphatic imine (C=N–C) groups is 1. The van der Waals surface area contributed by atoms with Crippen LogP contribution in [0.25, 0.3) is 0 Å². The molecule has 22 heavy (non-hydrogen) atoms. The summed E-state index contributed by atoms with van der Waals surface area (Å²) in [6.07, 6.45) is -0.127. The highest BCUT2D eigenvalue weighted by Crippen LogP contribution is 2.23. The molecule has 1 fully saturated rings. The minimum absolute atomic E-state index is 0.0314. The topological polar surface area (TPSA) is 99.4 Å². The normalized spacial score (nSPS) is 29.0. The van der Waals surface area contributed by atoms with Gasteiger partial charge in [0.05, 0.1) is 19.5 Å². The van der Waals surface area contributed by atoms with Gasteiger partial charge in [0.25, 0.3) is 17.8 Å². The summed E-state index contributed by atoms with van der Waals surface area (Å²) in [5.74, 6) is -1.23. The number of likely N-dealkylation sites (N-methyl/N-ethyl adjacent to an activating group) is 2. The van der Waals surface area contributed by atoms with E-state index in [4.69, 9.17) is 4.74 Å². The van der Waals surface area contributed by atoms with E-state index >= 15 is 0 Å². The van der Waals surface area contributed by atoms with Gasteiger partial charge in [-0.25, -0.2) is 14.3 Å². The van der Waals surface area contributed by atoms with Crippen molar-refractivity contribution >= 4 is 35.5 Å². The van der Waals surface area contributed by atoms with Crippen molar-refractivity contribution in [2.24, 2.45) is 4.99 Å². The van der Waals surface area contributed by atoms with Crippen LogP contribution >= 0.6 is 0 Å². The van der Waals surface area contributed by atoms with Gasteiger partial charge in [0.1, 0.15) is 0 Å². The second kappa shape index (κ2) is 4.72. The second-order valence-corrected chi connectivity index (χ2v) is 5.43. The van der Waals surface area contributed by atoms with Crippen molar-refractivity contribution in [1.82, 2.24) is 9.80 Å². The van der Waals surface area contributed by atoms with Gasteiger partial charge in [-0.15, -0.1) is 0 Å². The number of amidine groups is 2. The number of imide groups is 1. The van der Waals surface area contributed by atoms with E-state index in [0.717, 1.165) is 4.90 Å². The van der Waals surface area contributed by atoms with Gasteiger partial charge in [0, 0.05) is 18.5 Å². The van der Waals surface area contributed by atoms with E-state index in [1.165, 1.54) is 16.5 Å². The van der Waals surface area contributed by atoms with Crippen molar-refractivity contribution in [2.75, 3.05) is 14.1 Å². The average molecular weight is 307 g/mol. The lowest BCUT2D eigenvalue weighted by Crippen LogP contribution is -2.65. The summed E-state index contributed by atoms with van der Waals surface area (Å²) in [5.41, 5.74) is 0. The number of fused-ring (bicyclic) bond motifs is 1. The maximum Gasteiger partial charge on any atom is 0.504 e. The Morgan fingerprint density at radius 2 is 1.91 bits per heavy atom. The molecule has 0 aromatic heterocycles. The van der Waals surface area contributed by atoms with Crippen LogP contribution in [0.5, 0.6) is 0 Å². The number of hydrogen-bond donors (Lipinski definition) is 0. The number of carbonyl (C=O) groups is 4. The standard InChI is InChI=1S/C13H15N4O5/c1-6-7(18)4-5-8(19)22-12-14-10-9(15(12)2)11(20)16(3)13(21)17(6)10/h6,9H,4-5H2,1-3H3/q+1. The first kappa shape index (κ1) is 14.4. The highest BCUT2D eigenvalue weighted by molar-refractivity contribution is 6.24. The molecule has 0 aromatic rings. The SMILES string of the molecule is CC1C(=O)CCC(=O)OC2=[N+](C)C3C(=O)N(C)C(=O)N1C3=N2. The van der Waals surface area contributed by atoms with Crippen molar-refractivity contribution in [2.45, 2.75) is 31.8 Å². The monoisotopic (exact) mass is 307 g/mol. The molecule has 9 nitrogen and oxygen atoms in total. The van der Waals surface area contributed by atoms with Crippen LogP contribution in [-0.2, 0) is 19.1 Å². The van der Waals surface area contributed by atoms with Gasteiger partial charge >= 0.3 is 18.0 Å². The Morgan fingerprint density at radius 3 is 2.59 bits per heavy atom. The first-order valence-corrected chi connectivity index (χ1v) is 6.85. The molecule has 3 rings (SSSR count). The summed E-state index contributed by atoms with van der Waals surface area (Å²) in [6.45, 7) is 1.56. The zero-order valence-corrected chi connectivity index (χ0v) is 12.4. The molecular weight excluding hydrogens is 292 g/mol. The van der Waals surface area contributed by atoms with Crippen LogP contribution in [0.1, 0.15) is 19.8 Å². The summed E-state index contributed by atoms with van der Waals surface area (Å²) >= 11 is 0. The fourth-order valence-corrected chi connectivity index (χ4v) is 2.71. The van der Waals surface area contributed by atoms with Crippen LogP contribution in [0.3, 0.4) is 0 Å². The molecule has 3 heterocycles. The molecule has 0 aromatic carbocycles. The number of esters is 1. The Labute approximate surface area is 125 Å². The molecule has 2 atom stereocenters. The molecule has 3 aliphatic heterocycles. The van der Waals surface area contributed by atoms with E-state index in [-0.39, 0.29) is 30.5 Å². The Hall–Kier alpha value is -2.58. The molecule has 3 amide bonds. The smallest absolute Gasteiger partial charge is 0.354 e. The Morgan fingerprint density at radius 1 is 1.23 bits per heavy atom. The lowest BCUT2D eigenvalue weighted by Gasteiger charge is -2.35. The number of ketones is 1. The minimum atomic E-state index is -0.876. The van der Waals surface area contributed by atoms with E-state index < -0.39 is 30.0 Å². The molecule has 9 heteroatoms. The first-order chi connectivity index (χ1) is 10.3. The molecule has 0 spiro atoms. The number of urea groups is 1. The van der Waals surface area contributed by atoms with E-state index in [1.54, 1.807) is 14.0 Å². The number of nitrogens with zero attached hydrogens (tertiary/aromatic N) is 4. The lowest BCUT2D eigenvalue weighted by molar-refractivity contribution is -0.512. The number of hydrogen-bond acceptors (Lipinski definition) is 6. The Kier molecular flexibility index (Phi) is 3.08. The third-order valence-corrected chi connectivity index (χ3v) is 4.08. The fraction of sp³-hybridized carbons (Fsp3) is 0.538. The number of Topliss-reactive ketones (excluding diaryl/α,β-unsaturated/α-hetero) is 1. The van der Waals surface area contributed by atoms with E-state index in [9.17, 15) is 19.2 Å². The molecule has 0 N–H and O–H groups in total. The average Bonchev–Trinajstić information content (AvgIpc) is 2.78. The van der Waals surface area contributed by atoms with Crippen LogP contribution in [0, 0.1) is 0 Å². The van der Waals surface area contributed by atoms with Crippen LogP contribution in [-0.4, -0.2) is 76.1 Å². The molecule has 2 unspecified atom stereocenters. The second-order valence-electron chi connectivity index (χ2n) is 5.43. The molecule has 0 radical (unpaired) electrons. The summed E-state index contributed by atoms with van der Waals surface area (Å²) in [5, 5.41) is 0. The van der Waals surface area contributed by atoms with Gasteiger partial charge in [0.15, 0.2) is 5.78 Å². The predicted octanol–water partition coefficient (Wildman–Crippen LogP) is -1.05. The maximum atomic E-state index is 12.4. The van der Waals surface area contributed by atoms with Gasteiger partial charge < -0.3 is 4.74 Å². The zero-order chi connectivity index (χ0) is 16.2. The molecule has 1 saturated heterocycles. The maximum absolute atomic E-state index is 12.4. The van der Waals surface area contributed by atoms with Gasteiger partial charge in [-0.1, -0.05) is 0 Å². The molecule has 116 valence electrons. The highest BCUT2D eigenvalue weighted by Gasteiger charge is 2.56. The lowest BCUT2D eigenvalue weighted by atomic mass is 10.0. The third-order valence-electron chi connectivity index (χ3n) is 4.08. The fourth-order valence-electron chi connectivity index (χ4n) is 2.71. The number of amides is 3. The van der Waals surface area contributed by atoms with E-state index in [2.05, 4.69) is 4.99 Å². The first-order valence-electron chi connectivity index (χ1n) is 6.85. The Bertz CT molecular complexity index is 680. The van der Waals surface area contributed by atoms with Gasteiger partial charge in [0.2, 0.25) is 0 Å². The van der Waals surface area contributed by atoms with Crippen LogP contribution in [0.15, 0.2) is 4.99 Å². The van der Waals surface area contributed by atoms with Crippen molar-refractivity contribution in [3.8, 4) is 0 Å². The van der Waals surface area contributed by atoms with Crippen molar-refractivity contribution in [1.29, 1.82) is 0 Å². The largest absolute Gasteiger partial charge is 0.504 e. The van der Waals surface area contributed by atoms with Crippen molar-refractivity contribution in [3.05, 3.63) is 0 Å². The molecule has 3 aliphatic rings. The number of carbonyl (C=O) groups excluding carboxylic acids is 4. The van der Waals surface area contributed by atoms with Crippen LogP contribution < -0.4 is 0 Å². The third kappa shape index (κ3) is 1.85. The van der Waals surface area contributed by atoms with Crippen LogP contribution in [0.2, 0.25) is 0 Å². The number of ether oxygens (including phenoxy) is 1. The quantitative estimate of drug-likeness (QED) is 0.420. The zero-order valence-electron chi connectivity index (χ0n) is 12.4. The summed E-state index contributed by atoms with van der Waals surface area (Å²) in [4.78, 5) is 54.9. The molecule has 0 saturated carbocycles. The van der Waals surface area contributed by atoms with E-state index in [0.29, 0.717) is 0 Å². The van der Waals surface area contributed by atoms with Gasteiger partial charge in [-0.2, -0.15) is 0 Å². The highest BCUT2D eigenvalue weighted by atomic mass is 16.6. The predicted molar refractivity (Wildman–Crippen MR) is 72.2 cm³/mol. The summed E-state index contributed by atoms with van der Waals surface area (Å²) < 4.78 is 6.49. The van der Waals surface area contributed by atoms with Crippen molar-refractivity contribution in [3.63, 3.8) is 0 Å². The molecule has 2 bridgehead atoms. The van der Waals surface area contributed by atoms with Crippen LogP contribution in [0.4, 0.5) is 4.79 Å².